The summed E-state index contributed by atoms with van der Waals surface area (Å²) in [6.07, 6.45) is 0. The quantitative estimate of drug-likeness (QED) is 0.126. The topological polar surface area (TPSA) is 38.7 Å². The van der Waals surface area contributed by atoms with Crippen molar-refractivity contribution in [2.45, 2.75) is 0 Å². The van der Waals surface area contributed by atoms with Crippen LogP contribution in [0.3, 0.4) is 0 Å². The Labute approximate surface area is 336 Å². The summed E-state index contributed by atoms with van der Waals surface area (Å²) in [4.78, 5) is 15.4. The largest absolute Gasteiger partial charge is 0.208 e. The summed E-state index contributed by atoms with van der Waals surface area (Å²) in [7, 11) is 0. The van der Waals surface area contributed by atoms with Crippen LogP contribution in [-0.2, 0) is 0 Å². The summed E-state index contributed by atoms with van der Waals surface area (Å²) in [6, 6.07) is 75.4. The lowest BCUT2D eigenvalue weighted by molar-refractivity contribution is 1.07. The molecule has 0 radical (unpaired) electrons. The first-order chi connectivity index (χ1) is 28.7. The summed E-state index contributed by atoms with van der Waals surface area (Å²) in [5.41, 5.74) is 9.77. The van der Waals surface area contributed by atoms with E-state index in [0.29, 0.717) is 17.5 Å². The van der Waals surface area contributed by atoms with Crippen molar-refractivity contribution in [2.75, 3.05) is 0 Å². The van der Waals surface area contributed by atoms with Crippen molar-refractivity contribution in [2.24, 2.45) is 0 Å². The number of aromatic nitrogens is 3. The van der Waals surface area contributed by atoms with Gasteiger partial charge in [0.2, 0.25) is 0 Å². The molecule has 0 saturated heterocycles. The molecule has 0 amide bonds. The van der Waals surface area contributed by atoms with Gasteiger partial charge in [-0.1, -0.05) is 200 Å². The first kappa shape index (κ1) is 33.6. The van der Waals surface area contributed by atoms with E-state index >= 15 is 0 Å². The van der Waals surface area contributed by atoms with Crippen molar-refractivity contribution in [3.05, 3.63) is 212 Å². The van der Waals surface area contributed by atoms with Gasteiger partial charge in [0.1, 0.15) is 0 Å². The minimum atomic E-state index is 0.628. The van der Waals surface area contributed by atoms with E-state index in [1.165, 1.54) is 59.8 Å². The maximum atomic E-state index is 5.18. The SMILES string of the molecule is c1ccc(-c2ccc(-c3nc(-c4ccc(-c5c6ccccc6cc6c5ccc5ccccc56)cc4)nc(-c4cccc(-c5cccc6ccccc56)c4)n3)cc2)cc1. The maximum absolute atomic E-state index is 5.18. The molecule has 10 aromatic carbocycles. The van der Waals surface area contributed by atoms with Gasteiger partial charge in [0.25, 0.3) is 0 Å². The van der Waals surface area contributed by atoms with Gasteiger partial charge in [0.05, 0.1) is 0 Å². The zero-order valence-electron chi connectivity index (χ0n) is 31.5. The van der Waals surface area contributed by atoms with E-state index in [1.807, 2.05) is 6.07 Å². The highest BCUT2D eigenvalue weighted by Crippen LogP contribution is 2.40. The van der Waals surface area contributed by atoms with Gasteiger partial charge in [0.15, 0.2) is 17.5 Å². The monoisotopic (exact) mass is 737 g/mol. The summed E-state index contributed by atoms with van der Waals surface area (Å²) in [5, 5.41) is 9.87. The standard InChI is InChI=1S/C55H35N3/c1-2-12-36(13-3-1)37-24-28-41(29-25-37)53-56-54(58-55(57-53)45-19-10-18-43(34-45)48-23-11-17-38-14-4-7-20-46(38)48)42-30-26-40(27-31-42)52-49-22-9-6-16-44(49)35-51-47-21-8-5-15-39(47)32-33-50(51)52/h1-35H. The van der Waals surface area contributed by atoms with Crippen molar-refractivity contribution in [1.29, 1.82) is 0 Å². The molecular formula is C55H35N3. The predicted molar refractivity (Wildman–Crippen MR) is 242 cm³/mol. The van der Waals surface area contributed by atoms with Gasteiger partial charge in [-0.2, -0.15) is 0 Å². The molecule has 270 valence electrons. The first-order valence-corrected chi connectivity index (χ1v) is 19.7. The van der Waals surface area contributed by atoms with E-state index in [-0.39, 0.29) is 0 Å². The third-order valence-corrected chi connectivity index (χ3v) is 11.3. The number of fused-ring (bicyclic) bond motifs is 5. The van der Waals surface area contributed by atoms with Gasteiger partial charge in [-0.25, -0.2) is 15.0 Å². The molecular weight excluding hydrogens is 703 g/mol. The van der Waals surface area contributed by atoms with Crippen LogP contribution in [0.25, 0.3) is 111 Å². The minimum absolute atomic E-state index is 0.628. The molecule has 11 rings (SSSR count). The second-order valence-corrected chi connectivity index (χ2v) is 14.8. The molecule has 0 fully saturated rings. The highest BCUT2D eigenvalue weighted by molar-refractivity contribution is 6.20. The van der Waals surface area contributed by atoms with Crippen molar-refractivity contribution in [3.8, 4) is 67.5 Å². The van der Waals surface area contributed by atoms with E-state index in [1.54, 1.807) is 0 Å². The third kappa shape index (κ3) is 5.98. The van der Waals surface area contributed by atoms with E-state index < -0.39 is 0 Å². The van der Waals surface area contributed by atoms with Crippen LogP contribution >= 0.6 is 0 Å². The Bertz CT molecular complexity index is 3310. The smallest absolute Gasteiger partial charge is 0.164 e. The average molecular weight is 738 g/mol. The van der Waals surface area contributed by atoms with E-state index in [4.69, 9.17) is 15.0 Å². The highest BCUT2D eigenvalue weighted by atomic mass is 15.0. The van der Waals surface area contributed by atoms with Crippen LogP contribution in [0.2, 0.25) is 0 Å². The fraction of sp³-hybridized carbons (Fsp3) is 0. The average Bonchev–Trinajstić information content (AvgIpc) is 3.31. The predicted octanol–water partition coefficient (Wildman–Crippen LogP) is 14.5. The van der Waals surface area contributed by atoms with E-state index in [2.05, 4.69) is 206 Å². The molecule has 0 unspecified atom stereocenters. The number of hydrogen-bond donors (Lipinski definition) is 0. The lowest BCUT2D eigenvalue weighted by Crippen LogP contribution is -2.00. The van der Waals surface area contributed by atoms with E-state index in [0.717, 1.165) is 33.4 Å². The summed E-state index contributed by atoms with van der Waals surface area (Å²) in [5.74, 6) is 1.89. The molecule has 1 aromatic heterocycles. The minimum Gasteiger partial charge on any atom is -0.208 e. The van der Waals surface area contributed by atoms with Crippen molar-refractivity contribution in [1.82, 2.24) is 15.0 Å². The molecule has 0 atom stereocenters. The molecule has 3 nitrogen and oxygen atoms in total. The first-order valence-electron chi connectivity index (χ1n) is 19.7. The Kier molecular flexibility index (Phi) is 8.15. The molecule has 1 heterocycles. The zero-order chi connectivity index (χ0) is 38.4. The van der Waals surface area contributed by atoms with Gasteiger partial charge < -0.3 is 0 Å². The van der Waals surface area contributed by atoms with Crippen LogP contribution in [-0.4, -0.2) is 15.0 Å². The summed E-state index contributed by atoms with van der Waals surface area (Å²) < 4.78 is 0. The van der Waals surface area contributed by atoms with Crippen LogP contribution < -0.4 is 0 Å². The lowest BCUT2D eigenvalue weighted by Gasteiger charge is -2.15. The Hall–Kier alpha value is -7.75. The molecule has 58 heavy (non-hydrogen) atoms. The summed E-state index contributed by atoms with van der Waals surface area (Å²) in [6.45, 7) is 0. The normalized spacial score (nSPS) is 11.4. The Morgan fingerprint density at radius 1 is 0.224 bits per heavy atom. The Balaban J connectivity index is 1.05. The number of benzene rings is 10. The molecule has 0 bridgehead atoms. The molecule has 11 aromatic rings. The zero-order valence-corrected chi connectivity index (χ0v) is 31.5. The molecule has 0 spiro atoms. The number of hydrogen-bond acceptors (Lipinski definition) is 3. The maximum Gasteiger partial charge on any atom is 0.164 e. The molecule has 3 heteroatoms. The number of rotatable bonds is 6. The molecule has 0 saturated carbocycles. The van der Waals surface area contributed by atoms with Crippen molar-refractivity contribution < 1.29 is 0 Å². The Morgan fingerprint density at radius 3 is 1.43 bits per heavy atom. The third-order valence-electron chi connectivity index (χ3n) is 11.3. The highest BCUT2D eigenvalue weighted by Gasteiger charge is 2.16. The van der Waals surface area contributed by atoms with Gasteiger partial charge >= 0.3 is 0 Å². The van der Waals surface area contributed by atoms with Crippen LogP contribution in [0, 0.1) is 0 Å². The van der Waals surface area contributed by atoms with Crippen LogP contribution in [0.5, 0.6) is 0 Å². The van der Waals surface area contributed by atoms with Gasteiger partial charge in [-0.3, -0.25) is 0 Å². The van der Waals surface area contributed by atoms with Crippen molar-refractivity contribution >= 4 is 43.1 Å². The van der Waals surface area contributed by atoms with Gasteiger partial charge in [-0.15, -0.1) is 0 Å². The molecule has 0 aliphatic carbocycles. The van der Waals surface area contributed by atoms with Gasteiger partial charge in [-0.05, 0) is 88.6 Å². The van der Waals surface area contributed by atoms with Crippen molar-refractivity contribution in [3.63, 3.8) is 0 Å². The van der Waals surface area contributed by atoms with Crippen LogP contribution in [0.1, 0.15) is 0 Å². The van der Waals surface area contributed by atoms with E-state index in [9.17, 15) is 0 Å². The molecule has 0 aliphatic rings. The molecule has 0 aliphatic heterocycles. The number of nitrogens with zero attached hydrogens (tertiary/aromatic N) is 3. The Morgan fingerprint density at radius 2 is 0.707 bits per heavy atom. The summed E-state index contributed by atoms with van der Waals surface area (Å²) >= 11 is 0. The fourth-order valence-electron chi connectivity index (χ4n) is 8.43. The molecule has 0 N–H and O–H groups in total. The van der Waals surface area contributed by atoms with Gasteiger partial charge in [0, 0.05) is 16.7 Å². The van der Waals surface area contributed by atoms with Crippen LogP contribution in [0.15, 0.2) is 212 Å². The lowest BCUT2D eigenvalue weighted by atomic mass is 9.89. The van der Waals surface area contributed by atoms with Crippen LogP contribution in [0.4, 0.5) is 0 Å². The fourth-order valence-corrected chi connectivity index (χ4v) is 8.43. The second-order valence-electron chi connectivity index (χ2n) is 14.8. The second kappa shape index (κ2) is 14.1.